The van der Waals surface area contributed by atoms with Crippen molar-refractivity contribution in [3.8, 4) is 5.75 Å². The van der Waals surface area contributed by atoms with Crippen molar-refractivity contribution in [2.24, 2.45) is 5.92 Å². The van der Waals surface area contributed by atoms with E-state index in [1.165, 1.54) is 0 Å². The molecule has 2 aliphatic rings. The molecule has 0 spiro atoms. The number of nitrogens with zero attached hydrogens (tertiary/aromatic N) is 2. The van der Waals surface area contributed by atoms with Crippen molar-refractivity contribution in [1.82, 2.24) is 20.6 Å². The number of hydrogen-bond donors (Lipinski definition) is 4. The third kappa shape index (κ3) is 5.89. The van der Waals surface area contributed by atoms with Gasteiger partial charge >= 0.3 is 0 Å². The first-order valence-corrected chi connectivity index (χ1v) is 12.1. The molecule has 3 atom stereocenters. The number of nitrogens with one attached hydrogen (secondary N) is 4. The molecule has 2 fully saturated rings. The Labute approximate surface area is 197 Å². The molecule has 0 unspecified atom stereocenters. The largest absolute Gasteiger partial charge is 0.489 e. The molecule has 1 aromatic carbocycles. The minimum absolute atomic E-state index is 0.0503. The molecule has 2 aromatic rings. The van der Waals surface area contributed by atoms with Crippen LogP contribution in [-0.2, 0) is 4.79 Å². The predicted molar refractivity (Wildman–Crippen MR) is 129 cm³/mol. The van der Waals surface area contributed by atoms with Crippen LogP contribution in [0, 0.1) is 5.92 Å². The molecule has 4 rings (SSSR count). The molecule has 172 valence electrons. The lowest BCUT2D eigenvalue weighted by Crippen LogP contribution is -2.41. The average Bonchev–Trinajstić information content (AvgIpc) is 3.43. The molecular weight excluding hydrogens is 472 g/mol. The molecule has 9 heteroatoms. The standard InChI is InChI=1S/C23H31BrN6O2/c1-14(2)27-22(31)18-4-3-5-20(18)29-21-19(24)13-26-23(30-21)28-15-6-8-16(9-7-15)32-17-10-11-25-12-17/h6-9,13-14,17-18,20,25H,3-5,10-12H2,1-2H3,(H,27,31)(H2,26,28,29,30)/t17-,18+,20-/m1/s1. The summed E-state index contributed by atoms with van der Waals surface area (Å²) in [5, 5.41) is 13.1. The van der Waals surface area contributed by atoms with Gasteiger partial charge in [0, 0.05) is 30.5 Å². The SMILES string of the molecule is CC(C)NC(=O)[C@H]1CCC[C@H]1Nc1nc(Nc2ccc(O[C@@H]3CCNC3)cc2)ncc1Br. The van der Waals surface area contributed by atoms with Gasteiger partial charge in [0.25, 0.3) is 0 Å². The first kappa shape index (κ1) is 22.8. The van der Waals surface area contributed by atoms with Gasteiger partial charge in [-0.3, -0.25) is 4.79 Å². The van der Waals surface area contributed by atoms with Gasteiger partial charge in [-0.05, 0) is 79.9 Å². The number of benzene rings is 1. The van der Waals surface area contributed by atoms with Gasteiger partial charge in [0.1, 0.15) is 17.7 Å². The summed E-state index contributed by atoms with van der Waals surface area (Å²) in [6, 6.07) is 8.01. The van der Waals surface area contributed by atoms with E-state index < -0.39 is 0 Å². The van der Waals surface area contributed by atoms with Crippen molar-refractivity contribution in [3.63, 3.8) is 0 Å². The maximum atomic E-state index is 12.6. The minimum atomic E-state index is -0.0571. The Bertz CT molecular complexity index is 917. The van der Waals surface area contributed by atoms with Gasteiger partial charge in [0.05, 0.1) is 10.4 Å². The van der Waals surface area contributed by atoms with Gasteiger partial charge in [0.2, 0.25) is 11.9 Å². The third-order valence-electron chi connectivity index (χ3n) is 5.78. The summed E-state index contributed by atoms with van der Waals surface area (Å²) in [6.45, 7) is 5.87. The zero-order chi connectivity index (χ0) is 22.5. The van der Waals surface area contributed by atoms with E-state index in [1.807, 2.05) is 38.1 Å². The fourth-order valence-electron chi connectivity index (χ4n) is 4.21. The number of rotatable bonds is 8. The van der Waals surface area contributed by atoms with Crippen LogP contribution in [0.15, 0.2) is 34.9 Å². The summed E-state index contributed by atoms with van der Waals surface area (Å²) >= 11 is 3.53. The maximum Gasteiger partial charge on any atom is 0.229 e. The summed E-state index contributed by atoms with van der Waals surface area (Å²) in [5.41, 5.74) is 0.880. The zero-order valence-corrected chi connectivity index (χ0v) is 20.1. The second-order valence-electron chi connectivity index (χ2n) is 8.72. The van der Waals surface area contributed by atoms with Crippen molar-refractivity contribution in [2.75, 3.05) is 23.7 Å². The summed E-state index contributed by atoms with van der Waals surface area (Å²) in [5.74, 6) is 2.08. The van der Waals surface area contributed by atoms with E-state index in [1.54, 1.807) is 6.20 Å². The molecule has 1 aromatic heterocycles. The van der Waals surface area contributed by atoms with Crippen LogP contribution in [0.25, 0.3) is 0 Å². The van der Waals surface area contributed by atoms with Crippen LogP contribution in [0.3, 0.4) is 0 Å². The third-order valence-corrected chi connectivity index (χ3v) is 6.36. The second-order valence-corrected chi connectivity index (χ2v) is 9.58. The number of anilines is 3. The predicted octanol–water partition coefficient (Wildman–Crippen LogP) is 3.83. The first-order chi connectivity index (χ1) is 15.5. The number of carbonyl (C=O) groups is 1. The lowest BCUT2D eigenvalue weighted by molar-refractivity contribution is -0.125. The fraction of sp³-hybridized carbons (Fsp3) is 0.522. The van der Waals surface area contributed by atoms with E-state index in [2.05, 4.69) is 47.2 Å². The second kappa shape index (κ2) is 10.5. The number of aromatic nitrogens is 2. The highest BCUT2D eigenvalue weighted by molar-refractivity contribution is 9.10. The molecule has 4 N–H and O–H groups in total. The average molecular weight is 503 g/mol. The lowest BCUT2D eigenvalue weighted by Gasteiger charge is -2.22. The van der Waals surface area contributed by atoms with Crippen LogP contribution in [0.4, 0.5) is 17.5 Å². The number of halogens is 1. The molecule has 32 heavy (non-hydrogen) atoms. The maximum absolute atomic E-state index is 12.6. The highest BCUT2D eigenvalue weighted by Gasteiger charge is 2.33. The summed E-state index contributed by atoms with van der Waals surface area (Å²) in [7, 11) is 0. The molecule has 1 aliphatic heterocycles. The smallest absolute Gasteiger partial charge is 0.229 e. The van der Waals surface area contributed by atoms with Crippen LogP contribution in [0.1, 0.15) is 39.5 Å². The van der Waals surface area contributed by atoms with E-state index in [9.17, 15) is 4.79 Å². The van der Waals surface area contributed by atoms with E-state index in [0.717, 1.165) is 54.7 Å². The Kier molecular flexibility index (Phi) is 7.47. The topological polar surface area (TPSA) is 100 Å². The molecule has 1 amide bonds. The number of carbonyl (C=O) groups excluding carboxylic acids is 1. The van der Waals surface area contributed by atoms with E-state index in [0.29, 0.717) is 11.8 Å². The fourth-order valence-corrected chi connectivity index (χ4v) is 4.52. The van der Waals surface area contributed by atoms with E-state index in [4.69, 9.17) is 4.74 Å². The van der Waals surface area contributed by atoms with Crippen LogP contribution in [0.5, 0.6) is 5.75 Å². The van der Waals surface area contributed by atoms with Crippen LogP contribution in [-0.4, -0.2) is 47.2 Å². The molecule has 1 saturated heterocycles. The van der Waals surface area contributed by atoms with Crippen LogP contribution >= 0.6 is 15.9 Å². The first-order valence-electron chi connectivity index (χ1n) is 11.3. The van der Waals surface area contributed by atoms with Crippen molar-refractivity contribution >= 4 is 39.3 Å². The molecule has 1 saturated carbocycles. The van der Waals surface area contributed by atoms with Gasteiger partial charge in [-0.15, -0.1) is 0 Å². The minimum Gasteiger partial charge on any atom is -0.489 e. The Hall–Kier alpha value is -2.39. The molecule has 1 aliphatic carbocycles. The lowest BCUT2D eigenvalue weighted by atomic mass is 10.0. The number of amides is 1. The normalized spacial score (nSPS) is 22.7. The Morgan fingerprint density at radius 1 is 1.22 bits per heavy atom. The highest BCUT2D eigenvalue weighted by Crippen LogP contribution is 2.31. The number of hydrogen-bond acceptors (Lipinski definition) is 7. The van der Waals surface area contributed by atoms with Gasteiger partial charge in [-0.2, -0.15) is 4.98 Å². The molecule has 8 nitrogen and oxygen atoms in total. The van der Waals surface area contributed by atoms with Gasteiger partial charge in [-0.25, -0.2) is 4.98 Å². The van der Waals surface area contributed by atoms with Gasteiger partial charge < -0.3 is 26.0 Å². The van der Waals surface area contributed by atoms with Crippen LogP contribution < -0.4 is 26.0 Å². The summed E-state index contributed by atoms with van der Waals surface area (Å²) in [4.78, 5) is 21.6. The van der Waals surface area contributed by atoms with E-state index >= 15 is 0 Å². The highest BCUT2D eigenvalue weighted by atomic mass is 79.9. The Morgan fingerprint density at radius 2 is 2.03 bits per heavy atom. The van der Waals surface area contributed by atoms with Crippen molar-refractivity contribution in [3.05, 3.63) is 34.9 Å². The van der Waals surface area contributed by atoms with Crippen LogP contribution in [0.2, 0.25) is 0 Å². The summed E-state index contributed by atoms with van der Waals surface area (Å²) < 4.78 is 6.74. The summed E-state index contributed by atoms with van der Waals surface area (Å²) in [6.07, 6.45) is 5.83. The van der Waals surface area contributed by atoms with Crippen molar-refractivity contribution in [2.45, 2.75) is 57.7 Å². The Balaban J connectivity index is 1.39. The van der Waals surface area contributed by atoms with Gasteiger partial charge in [0.15, 0.2) is 0 Å². The number of ether oxygens (including phenoxy) is 1. The van der Waals surface area contributed by atoms with E-state index in [-0.39, 0.29) is 30.0 Å². The van der Waals surface area contributed by atoms with Gasteiger partial charge in [-0.1, -0.05) is 6.42 Å². The Morgan fingerprint density at radius 3 is 2.75 bits per heavy atom. The quantitative estimate of drug-likeness (QED) is 0.435. The molecule has 2 heterocycles. The van der Waals surface area contributed by atoms with Crippen molar-refractivity contribution in [1.29, 1.82) is 0 Å². The monoisotopic (exact) mass is 502 g/mol. The van der Waals surface area contributed by atoms with Crippen molar-refractivity contribution < 1.29 is 9.53 Å². The molecule has 0 bridgehead atoms. The molecule has 0 radical (unpaired) electrons. The zero-order valence-electron chi connectivity index (χ0n) is 18.5. The molecular formula is C23H31BrN6O2.